The minimum absolute atomic E-state index is 0.0791. The molecule has 1 saturated heterocycles. The van der Waals surface area contributed by atoms with Gasteiger partial charge >= 0.3 is 5.97 Å². The van der Waals surface area contributed by atoms with E-state index in [2.05, 4.69) is 5.32 Å². The fraction of sp³-hybridized carbons (Fsp3) is 0.333. The quantitative estimate of drug-likeness (QED) is 0.702. The number of carbonyl (C=O) groups is 2. The first kappa shape index (κ1) is 12.4. The number of aromatic hydroxyl groups is 1. The van der Waals surface area contributed by atoms with Crippen LogP contribution in [-0.2, 0) is 9.53 Å². The SMILES string of the molecule is O=C(O)c1cccc(NC(=O)[C@H]2CCCO2)c1O. The van der Waals surface area contributed by atoms with Crippen molar-refractivity contribution in [1.29, 1.82) is 0 Å². The van der Waals surface area contributed by atoms with E-state index in [9.17, 15) is 14.7 Å². The second-order valence-corrected chi connectivity index (χ2v) is 4.00. The molecule has 0 aliphatic carbocycles. The predicted molar refractivity (Wildman–Crippen MR) is 62.7 cm³/mol. The largest absolute Gasteiger partial charge is 0.505 e. The number of hydrogen-bond donors (Lipinski definition) is 3. The lowest BCUT2D eigenvalue weighted by Gasteiger charge is -2.12. The summed E-state index contributed by atoms with van der Waals surface area (Å²) in [6.07, 6.45) is 0.919. The molecule has 0 unspecified atom stereocenters. The first-order valence-corrected chi connectivity index (χ1v) is 5.57. The number of nitrogens with one attached hydrogen (secondary N) is 1. The topological polar surface area (TPSA) is 95.9 Å². The molecule has 2 rings (SSSR count). The molecule has 6 nitrogen and oxygen atoms in total. The third-order valence-corrected chi connectivity index (χ3v) is 2.75. The third kappa shape index (κ3) is 2.43. The minimum atomic E-state index is -1.25. The summed E-state index contributed by atoms with van der Waals surface area (Å²) < 4.78 is 5.19. The molecule has 0 bridgehead atoms. The Balaban J connectivity index is 2.16. The number of carboxylic acid groups (broad SMARTS) is 1. The van der Waals surface area contributed by atoms with Gasteiger partial charge in [0.1, 0.15) is 11.7 Å². The highest BCUT2D eigenvalue weighted by Gasteiger charge is 2.24. The van der Waals surface area contributed by atoms with Crippen molar-refractivity contribution in [2.45, 2.75) is 18.9 Å². The standard InChI is InChI=1S/C12H13NO5/c14-10-7(12(16)17)3-1-4-8(10)13-11(15)9-5-2-6-18-9/h1,3-4,9,14H,2,5-6H2,(H,13,15)(H,16,17)/t9-/m1/s1. The highest BCUT2D eigenvalue weighted by molar-refractivity contribution is 5.99. The van der Waals surface area contributed by atoms with Crippen LogP contribution in [0.1, 0.15) is 23.2 Å². The van der Waals surface area contributed by atoms with E-state index in [4.69, 9.17) is 9.84 Å². The maximum Gasteiger partial charge on any atom is 0.339 e. The van der Waals surface area contributed by atoms with Gasteiger partial charge in [0.25, 0.3) is 5.91 Å². The summed E-state index contributed by atoms with van der Waals surface area (Å²) in [5, 5.41) is 21.0. The molecule has 1 amide bonds. The average Bonchev–Trinajstić information content (AvgIpc) is 2.85. The fourth-order valence-corrected chi connectivity index (χ4v) is 1.81. The summed E-state index contributed by atoms with van der Waals surface area (Å²) >= 11 is 0. The van der Waals surface area contributed by atoms with Gasteiger partial charge in [-0.3, -0.25) is 4.79 Å². The van der Waals surface area contributed by atoms with E-state index in [0.29, 0.717) is 13.0 Å². The molecule has 3 N–H and O–H groups in total. The summed E-state index contributed by atoms with van der Waals surface area (Å²) in [4.78, 5) is 22.6. The van der Waals surface area contributed by atoms with Crippen LogP contribution >= 0.6 is 0 Å². The van der Waals surface area contributed by atoms with E-state index < -0.39 is 17.8 Å². The van der Waals surface area contributed by atoms with Crippen LogP contribution in [-0.4, -0.2) is 34.8 Å². The summed E-state index contributed by atoms with van der Waals surface area (Å²) in [5.74, 6) is -2.07. The maximum atomic E-state index is 11.8. The summed E-state index contributed by atoms with van der Waals surface area (Å²) in [7, 11) is 0. The normalized spacial score (nSPS) is 18.6. The van der Waals surface area contributed by atoms with Crippen molar-refractivity contribution >= 4 is 17.6 Å². The van der Waals surface area contributed by atoms with Gasteiger partial charge in [0.05, 0.1) is 5.69 Å². The summed E-state index contributed by atoms with van der Waals surface area (Å²) in [5.41, 5.74) is -0.171. The number of carbonyl (C=O) groups excluding carboxylic acids is 1. The first-order chi connectivity index (χ1) is 8.59. The van der Waals surface area contributed by atoms with Crippen LogP contribution in [0, 0.1) is 0 Å². The van der Waals surface area contributed by atoms with Crippen LogP contribution in [0.15, 0.2) is 18.2 Å². The number of aromatic carboxylic acids is 1. The second-order valence-electron chi connectivity index (χ2n) is 4.00. The maximum absolute atomic E-state index is 11.8. The summed E-state index contributed by atoms with van der Waals surface area (Å²) in [6, 6.07) is 4.16. The Bertz CT molecular complexity index is 479. The van der Waals surface area contributed by atoms with Gasteiger partial charge in [-0.25, -0.2) is 4.79 Å². The van der Waals surface area contributed by atoms with Gasteiger partial charge < -0.3 is 20.3 Å². The van der Waals surface area contributed by atoms with E-state index in [0.717, 1.165) is 6.42 Å². The third-order valence-electron chi connectivity index (χ3n) is 2.75. The first-order valence-electron chi connectivity index (χ1n) is 5.57. The Morgan fingerprint density at radius 1 is 1.39 bits per heavy atom. The zero-order valence-electron chi connectivity index (χ0n) is 9.55. The van der Waals surface area contributed by atoms with Gasteiger partial charge in [-0.05, 0) is 25.0 Å². The zero-order chi connectivity index (χ0) is 13.1. The second kappa shape index (κ2) is 5.05. The van der Waals surface area contributed by atoms with Crippen LogP contribution in [0.2, 0.25) is 0 Å². The molecule has 1 fully saturated rings. The number of ether oxygens (including phenoxy) is 1. The molecule has 0 aromatic heterocycles. The predicted octanol–water partition coefficient (Wildman–Crippen LogP) is 1.21. The highest BCUT2D eigenvalue weighted by atomic mass is 16.5. The molecular formula is C12H13NO5. The monoisotopic (exact) mass is 251 g/mol. The van der Waals surface area contributed by atoms with E-state index in [1.54, 1.807) is 0 Å². The van der Waals surface area contributed by atoms with Crippen LogP contribution in [0.25, 0.3) is 0 Å². The van der Waals surface area contributed by atoms with E-state index in [1.807, 2.05) is 0 Å². The van der Waals surface area contributed by atoms with E-state index >= 15 is 0 Å². The van der Waals surface area contributed by atoms with Crippen molar-refractivity contribution in [2.24, 2.45) is 0 Å². The molecular weight excluding hydrogens is 238 g/mol. The van der Waals surface area contributed by atoms with Crippen LogP contribution in [0.4, 0.5) is 5.69 Å². The Labute approximate surface area is 103 Å². The number of phenols is 1. The van der Waals surface area contributed by atoms with Crippen molar-refractivity contribution in [3.63, 3.8) is 0 Å². The lowest BCUT2D eigenvalue weighted by Crippen LogP contribution is -2.27. The number of amides is 1. The number of anilines is 1. The average molecular weight is 251 g/mol. The summed E-state index contributed by atoms with van der Waals surface area (Å²) in [6.45, 7) is 0.541. The lowest BCUT2D eigenvalue weighted by molar-refractivity contribution is -0.124. The molecule has 1 aliphatic heterocycles. The number of rotatable bonds is 3. The number of carboxylic acids is 1. The molecule has 0 radical (unpaired) electrons. The van der Waals surface area contributed by atoms with E-state index in [1.165, 1.54) is 18.2 Å². The molecule has 1 atom stereocenters. The van der Waals surface area contributed by atoms with Crippen LogP contribution in [0.3, 0.4) is 0 Å². The Hall–Kier alpha value is -2.08. The molecule has 18 heavy (non-hydrogen) atoms. The number of hydrogen-bond acceptors (Lipinski definition) is 4. The molecule has 0 saturated carbocycles. The van der Waals surface area contributed by atoms with Crippen LogP contribution < -0.4 is 5.32 Å². The Morgan fingerprint density at radius 3 is 2.78 bits per heavy atom. The molecule has 0 spiro atoms. The van der Waals surface area contributed by atoms with E-state index in [-0.39, 0.29) is 17.2 Å². The molecule has 6 heteroatoms. The molecule has 1 heterocycles. The minimum Gasteiger partial charge on any atom is -0.505 e. The van der Waals surface area contributed by atoms with Crippen molar-refractivity contribution in [3.8, 4) is 5.75 Å². The zero-order valence-corrected chi connectivity index (χ0v) is 9.55. The van der Waals surface area contributed by atoms with Gasteiger partial charge in [0.15, 0.2) is 5.75 Å². The van der Waals surface area contributed by atoms with Gasteiger partial charge in [0.2, 0.25) is 0 Å². The molecule has 96 valence electrons. The smallest absolute Gasteiger partial charge is 0.339 e. The molecule has 1 aliphatic rings. The fourth-order valence-electron chi connectivity index (χ4n) is 1.81. The van der Waals surface area contributed by atoms with Crippen molar-refractivity contribution in [3.05, 3.63) is 23.8 Å². The van der Waals surface area contributed by atoms with Crippen molar-refractivity contribution in [1.82, 2.24) is 0 Å². The highest BCUT2D eigenvalue weighted by Crippen LogP contribution is 2.28. The van der Waals surface area contributed by atoms with Gasteiger partial charge in [-0.1, -0.05) is 6.07 Å². The van der Waals surface area contributed by atoms with Crippen molar-refractivity contribution < 1.29 is 24.5 Å². The van der Waals surface area contributed by atoms with Crippen LogP contribution in [0.5, 0.6) is 5.75 Å². The van der Waals surface area contributed by atoms with Gasteiger partial charge in [0, 0.05) is 6.61 Å². The number of para-hydroxylation sites is 1. The molecule has 1 aromatic rings. The number of benzene rings is 1. The van der Waals surface area contributed by atoms with Gasteiger partial charge in [-0.15, -0.1) is 0 Å². The Kier molecular flexibility index (Phi) is 3.47. The molecule has 1 aromatic carbocycles. The van der Waals surface area contributed by atoms with Crippen molar-refractivity contribution in [2.75, 3.05) is 11.9 Å². The lowest BCUT2D eigenvalue weighted by atomic mass is 10.1. The Morgan fingerprint density at radius 2 is 2.17 bits per heavy atom. The van der Waals surface area contributed by atoms with Gasteiger partial charge in [-0.2, -0.15) is 0 Å².